The molecule has 3 rings (SSSR count). The van der Waals surface area contributed by atoms with Crippen molar-refractivity contribution in [2.45, 2.75) is 13.0 Å². The van der Waals surface area contributed by atoms with Crippen LogP contribution in [0.3, 0.4) is 0 Å². The van der Waals surface area contributed by atoms with Crippen LogP contribution in [0.4, 0.5) is 5.69 Å². The first kappa shape index (κ1) is 17.5. The lowest BCUT2D eigenvalue weighted by molar-refractivity contribution is -0.120. The summed E-state index contributed by atoms with van der Waals surface area (Å²) in [6, 6.07) is 27.0. The van der Waals surface area contributed by atoms with Gasteiger partial charge in [0.1, 0.15) is 5.75 Å². The highest BCUT2D eigenvalue weighted by molar-refractivity contribution is 5.81. The Bertz CT molecular complexity index is 835. The molecule has 4 nitrogen and oxygen atoms in total. The SMILES string of the molecule is CC(NC(=O)CNc1ccccc1Oc1ccccc1)c1ccccc1. The zero-order valence-electron chi connectivity index (χ0n) is 14.7. The van der Waals surface area contributed by atoms with Crippen molar-refractivity contribution in [1.29, 1.82) is 0 Å². The van der Waals surface area contributed by atoms with Gasteiger partial charge in [-0.05, 0) is 36.8 Å². The number of anilines is 1. The van der Waals surface area contributed by atoms with Gasteiger partial charge in [-0.15, -0.1) is 0 Å². The number of carbonyl (C=O) groups is 1. The minimum absolute atomic E-state index is 0.0405. The fraction of sp³-hybridized carbons (Fsp3) is 0.136. The Kier molecular flexibility index (Phi) is 5.88. The summed E-state index contributed by atoms with van der Waals surface area (Å²) in [7, 11) is 0. The molecule has 132 valence electrons. The average Bonchev–Trinajstić information content (AvgIpc) is 2.69. The van der Waals surface area contributed by atoms with Crippen molar-refractivity contribution >= 4 is 11.6 Å². The van der Waals surface area contributed by atoms with Crippen LogP contribution in [0.5, 0.6) is 11.5 Å². The summed E-state index contributed by atoms with van der Waals surface area (Å²) in [6.45, 7) is 2.14. The van der Waals surface area contributed by atoms with Gasteiger partial charge in [0, 0.05) is 0 Å². The van der Waals surface area contributed by atoms with Crippen LogP contribution >= 0.6 is 0 Å². The van der Waals surface area contributed by atoms with E-state index in [0.717, 1.165) is 17.0 Å². The van der Waals surface area contributed by atoms with E-state index in [-0.39, 0.29) is 18.5 Å². The quantitative estimate of drug-likeness (QED) is 0.648. The lowest BCUT2D eigenvalue weighted by atomic mass is 10.1. The van der Waals surface area contributed by atoms with E-state index in [1.165, 1.54) is 0 Å². The third-order valence-corrected chi connectivity index (χ3v) is 3.97. The molecule has 1 atom stereocenters. The van der Waals surface area contributed by atoms with Crippen molar-refractivity contribution in [3.8, 4) is 11.5 Å². The van der Waals surface area contributed by atoms with E-state index in [4.69, 9.17) is 4.74 Å². The molecular weight excluding hydrogens is 324 g/mol. The molecule has 0 aliphatic rings. The first-order chi connectivity index (χ1) is 12.7. The lowest BCUT2D eigenvalue weighted by Crippen LogP contribution is -2.32. The summed E-state index contributed by atoms with van der Waals surface area (Å²) >= 11 is 0. The second-order valence-corrected chi connectivity index (χ2v) is 5.96. The minimum Gasteiger partial charge on any atom is -0.455 e. The maximum atomic E-state index is 12.3. The minimum atomic E-state index is -0.0733. The smallest absolute Gasteiger partial charge is 0.239 e. The number of carbonyl (C=O) groups excluding carboxylic acids is 1. The van der Waals surface area contributed by atoms with Crippen LogP contribution in [-0.2, 0) is 4.79 Å². The summed E-state index contributed by atoms with van der Waals surface area (Å²) < 4.78 is 5.90. The summed E-state index contributed by atoms with van der Waals surface area (Å²) in [5.41, 5.74) is 1.85. The highest BCUT2D eigenvalue weighted by Gasteiger charge is 2.10. The molecule has 0 aliphatic carbocycles. The van der Waals surface area contributed by atoms with E-state index in [9.17, 15) is 4.79 Å². The molecular formula is C22H22N2O2. The van der Waals surface area contributed by atoms with Crippen molar-refractivity contribution < 1.29 is 9.53 Å². The maximum Gasteiger partial charge on any atom is 0.239 e. The number of para-hydroxylation sites is 3. The Morgan fingerprint density at radius 2 is 1.50 bits per heavy atom. The van der Waals surface area contributed by atoms with Gasteiger partial charge < -0.3 is 15.4 Å². The van der Waals surface area contributed by atoms with Gasteiger partial charge in [-0.2, -0.15) is 0 Å². The molecule has 3 aromatic rings. The number of hydrogen-bond acceptors (Lipinski definition) is 3. The van der Waals surface area contributed by atoms with Crippen LogP contribution in [-0.4, -0.2) is 12.5 Å². The molecule has 0 fully saturated rings. The summed E-state index contributed by atoms with van der Waals surface area (Å²) in [4.78, 5) is 12.3. The van der Waals surface area contributed by atoms with E-state index in [2.05, 4.69) is 10.6 Å². The molecule has 0 heterocycles. The van der Waals surface area contributed by atoms with E-state index in [1.54, 1.807) is 0 Å². The van der Waals surface area contributed by atoms with Gasteiger partial charge in [-0.1, -0.05) is 60.7 Å². The van der Waals surface area contributed by atoms with Gasteiger partial charge in [0.15, 0.2) is 5.75 Å². The molecule has 0 saturated carbocycles. The number of amides is 1. The first-order valence-corrected chi connectivity index (χ1v) is 8.62. The maximum absolute atomic E-state index is 12.3. The molecule has 0 spiro atoms. The van der Waals surface area contributed by atoms with Crippen LogP contribution in [0.25, 0.3) is 0 Å². The van der Waals surface area contributed by atoms with Crippen molar-refractivity contribution in [2.24, 2.45) is 0 Å². The number of ether oxygens (including phenoxy) is 1. The highest BCUT2D eigenvalue weighted by Crippen LogP contribution is 2.28. The van der Waals surface area contributed by atoms with Gasteiger partial charge >= 0.3 is 0 Å². The van der Waals surface area contributed by atoms with Crippen LogP contribution in [0, 0.1) is 0 Å². The molecule has 0 radical (unpaired) electrons. The summed E-state index contributed by atoms with van der Waals surface area (Å²) in [5, 5.41) is 6.15. The second-order valence-electron chi connectivity index (χ2n) is 5.96. The van der Waals surface area contributed by atoms with Gasteiger partial charge in [0.25, 0.3) is 0 Å². The van der Waals surface area contributed by atoms with E-state index in [0.29, 0.717) is 5.75 Å². The molecule has 1 amide bonds. The van der Waals surface area contributed by atoms with Gasteiger partial charge in [0.05, 0.1) is 18.3 Å². The third-order valence-electron chi connectivity index (χ3n) is 3.97. The molecule has 1 unspecified atom stereocenters. The van der Waals surface area contributed by atoms with Crippen LogP contribution in [0.1, 0.15) is 18.5 Å². The van der Waals surface area contributed by atoms with Crippen LogP contribution < -0.4 is 15.4 Å². The van der Waals surface area contributed by atoms with Crippen molar-refractivity contribution in [2.75, 3.05) is 11.9 Å². The van der Waals surface area contributed by atoms with Crippen LogP contribution in [0.2, 0.25) is 0 Å². The van der Waals surface area contributed by atoms with Gasteiger partial charge in [-0.25, -0.2) is 0 Å². The Balaban J connectivity index is 1.58. The number of hydrogen-bond donors (Lipinski definition) is 2. The molecule has 3 aromatic carbocycles. The standard InChI is InChI=1S/C22H22N2O2/c1-17(18-10-4-2-5-11-18)24-22(25)16-23-20-14-8-9-15-21(20)26-19-12-6-3-7-13-19/h2-15,17,23H,16H2,1H3,(H,24,25). The average molecular weight is 346 g/mol. The predicted molar refractivity (Wildman–Crippen MR) is 104 cm³/mol. The van der Waals surface area contributed by atoms with E-state index >= 15 is 0 Å². The van der Waals surface area contributed by atoms with Crippen molar-refractivity contribution in [3.05, 3.63) is 90.5 Å². The van der Waals surface area contributed by atoms with Gasteiger partial charge in [-0.3, -0.25) is 4.79 Å². The normalized spacial score (nSPS) is 11.4. The third kappa shape index (κ3) is 4.86. The molecule has 0 aliphatic heterocycles. The molecule has 0 aromatic heterocycles. The van der Waals surface area contributed by atoms with E-state index in [1.807, 2.05) is 91.9 Å². The summed E-state index contributed by atoms with van der Waals surface area (Å²) in [6.07, 6.45) is 0. The topological polar surface area (TPSA) is 50.4 Å². The zero-order valence-corrected chi connectivity index (χ0v) is 14.7. The Morgan fingerprint density at radius 1 is 0.885 bits per heavy atom. The van der Waals surface area contributed by atoms with Crippen LogP contribution in [0.15, 0.2) is 84.9 Å². The zero-order chi connectivity index (χ0) is 18.2. The monoisotopic (exact) mass is 346 g/mol. The van der Waals surface area contributed by atoms with Crippen molar-refractivity contribution in [1.82, 2.24) is 5.32 Å². The molecule has 4 heteroatoms. The Labute approximate surface area is 153 Å². The molecule has 26 heavy (non-hydrogen) atoms. The number of rotatable bonds is 7. The van der Waals surface area contributed by atoms with E-state index < -0.39 is 0 Å². The van der Waals surface area contributed by atoms with Crippen molar-refractivity contribution in [3.63, 3.8) is 0 Å². The number of nitrogens with one attached hydrogen (secondary N) is 2. The summed E-state index contributed by atoms with van der Waals surface area (Å²) in [5.74, 6) is 1.36. The fourth-order valence-corrected chi connectivity index (χ4v) is 2.61. The fourth-order valence-electron chi connectivity index (χ4n) is 2.61. The molecule has 0 saturated heterocycles. The second kappa shape index (κ2) is 8.72. The van der Waals surface area contributed by atoms with Gasteiger partial charge in [0.2, 0.25) is 5.91 Å². The lowest BCUT2D eigenvalue weighted by Gasteiger charge is -2.16. The predicted octanol–water partition coefficient (Wildman–Crippen LogP) is 4.77. The Hall–Kier alpha value is -3.27. The Morgan fingerprint density at radius 3 is 2.23 bits per heavy atom. The largest absolute Gasteiger partial charge is 0.455 e. The first-order valence-electron chi connectivity index (χ1n) is 8.62. The number of benzene rings is 3. The molecule has 0 bridgehead atoms. The highest BCUT2D eigenvalue weighted by atomic mass is 16.5. The molecule has 2 N–H and O–H groups in total.